The summed E-state index contributed by atoms with van der Waals surface area (Å²) in [5.41, 5.74) is 7.09. The van der Waals surface area contributed by atoms with E-state index in [1.165, 1.54) is 6.42 Å². The molecule has 2 aromatic rings. The summed E-state index contributed by atoms with van der Waals surface area (Å²) >= 11 is 1.68. The first kappa shape index (κ1) is 14.6. The lowest BCUT2D eigenvalue weighted by Gasteiger charge is -2.33. The van der Waals surface area contributed by atoms with Crippen LogP contribution in [0.15, 0.2) is 33.7 Å². The maximum Gasteiger partial charge on any atom is 0.259 e. The third-order valence-corrected chi connectivity index (χ3v) is 5.04. The van der Waals surface area contributed by atoms with Crippen LogP contribution in [0, 0.1) is 5.92 Å². The van der Waals surface area contributed by atoms with Gasteiger partial charge in [0, 0.05) is 4.90 Å². The van der Waals surface area contributed by atoms with Gasteiger partial charge in [0.25, 0.3) is 5.89 Å². The van der Waals surface area contributed by atoms with Crippen molar-refractivity contribution in [2.24, 2.45) is 11.7 Å². The van der Waals surface area contributed by atoms with Crippen molar-refractivity contribution in [3.05, 3.63) is 30.1 Å². The number of nitrogens with zero attached hydrogens (tertiary/aromatic N) is 2. The maximum atomic E-state index is 6.54. The van der Waals surface area contributed by atoms with Crippen molar-refractivity contribution in [3.8, 4) is 11.5 Å². The predicted molar refractivity (Wildman–Crippen MR) is 85.0 cm³/mol. The summed E-state index contributed by atoms with van der Waals surface area (Å²) in [4.78, 5) is 5.74. The van der Waals surface area contributed by atoms with E-state index in [0.29, 0.717) is 17.6 Å². The fraction of sp³-hybridized carbons (Fsp3) is 0.500. The molecule has 5 heteroatoms. The lowest BCUT2D eigenvalue weighted by molar-refractivity contribution is 0.222. The first-order valence-corrected chi connectivity index (χ1v) is 8.61. The number of aromatic nitrogens is 2. The smallest absolute Gasteiger partial charge is 0.259 e. The van der Waals surface area contributed by atoms with Crippen LogP contribution in [0.5, 0.6) is 0 Å². The Labute approximate surface area is 129 Å². The molecule has 2 atom stereocenters. The minimum atomic E-state index is -0.437. The Balaban J connectivity index is 1.93. The lowest BCUT2D eigenvalue weighted by Crippen LogP contribution is -2.42. The second-order valence-corrected chi connectivity index (χ2v) is 6.83. The summed E-state index contributed by atoms with van der Waals surface area (Å²) in [6.07, 6.45) is 6.27. The van der Waals surface area contributed by atoms with Gasteiger partial charge in [-0.15, -0.1) is 11.8 Å². The number of hydrogen-bond acceptors (Lipinski definition) is 5. The Bertz CT molecular complexity index is 627. The Morgan fingerprint density at radius 1 is 1.38 bits per heavy atom. The molecule has 4 nitrogen and oxygen atoms in total. The highest BCUT2D eigenvalue weighted by atomic mass is 32.2. The van der Waals surface area contributed by atoms with Crippen LogP contribution >= 0.6 is 11.8 Å². The summed E-state index contributed by atoms with van der Waals surface area (Å²) in [6.45, 7) is 2.24. The van der Waals surface area contributed by atoms with E-state index in [9.17, 15) is 0 Å². The van der Waals surface area contributed by atoms with E-state index < -0.39 is 5.54 Å². The molecule has 1 aromatic heterocycles. The fourth-order valence-electron chi connectivity index (χ4n) is 3.15. The molecule has 3 rings (SSSR count). The van der Waals surface area contributed by atoms with Gasteiger partial charge in [-0.05, 0) is 37.1 Å². The third kappa shape index (κ3) is 2.85. The molecule has 1 aromatic carbocycles. The number of rotatable bonds is 3. The number of thioether (sulfide) groups is 1. The second kappa shape index (κ2) is 5.81. The van der Waals surface area contributed by atoms with Gasteiger partial charge >= 0.3 is 0 Å². The van der Waals surface area contributed by atoms with Gasteiger partial charge in [0.1, 0.15) is 0 Å². The molecule has 0 radical (unpaired) electrons. The Morgan fingerprint density at radius 2 is 2.19 bits per heavy atom. The summed E-state index contributed by atoms with van der Waals surface area (Å²) in [7, 11) is 0. The van der Waals surface area contributed by atoms with Crippen LogP contribution in [0.2, 0.25) is 0 Å². The van der Waals surface area contributed by atoms with Gasteiger partial charge in [-0.1, -0.05) is 37.1 Å². The molecule has 0 aliphatic heterocycles. The molecule has 0 saturated heterocycles. The highest BCUT2D eigenvalue weighted by Gasteiger charge is 2.37. The summed E-state index contributed by atoms with van der Waals surface area (Å²) in [6, 6.07) is 8.07. The zero-order chi connectivity index (χ0) is 14.9. The second-order valence-electron chi connectivity index (χ2n) is 5.98. The van der Waals surface area contributed by atoms with Crippen molar-refractivity contribution in [3.63, 3.8) is 0 Å². The van der Waals surface area contributed by atoms with Crippen molar-refractivity contribution < 1.29 is 4.52 Å². The first-order chi connectivity index (χ1) is 10.1. The molecule has 1 heterocycles. The lowest BCUT2D eigenvalue weighted by atomic mass is 9.76. The van der Waals surface area contributed by atoms with E-state index in [1.807, 2.05) is 24.5 Å². The molecule has 1 fully saturated rings. The van der Waals surface area contributed by atoms with Crippen molar-refractivity contribution in [1.29, 1.82) is 0 Å². The number of hydrogen-bond donors (Lipinski definition) is 1. The molecular formula is C16H21N3OS. The quantitative estimate of drug-likeness (QED) is 0.873. The van der Waals surface area contributed by atoms with Crippen molar-refractivity contribution >= 4 is 11.8 Å². The molecule has 2 N–H and O–H groups in total. The van der Waals surface area contributed by atoms with Crippen LogP contribution in [-0.2, 0) is 5.54 Å². The highest BCUT2D eigenvalue weighted by molar-refractivity contribution is 7.98. The molecule has 21 heavy (non-hydrogen) atoms. The molecule has 0 spiro atoms. The van der Waals surface area contributed by atoms with Gasteiger partial charge in [-0.3, -0.25) is 0 Å². The minimum absolute atomic E-state index is 0.437. The van der Waals surface area contributed by atoms with Crippen LogP contribution in [0.1, 0.15) is 38.4 Å². The Hall–Kier alpha value is -1.33. The molecule has 0 amide bonds. The highest BCUT2D eigenvalue weighted by Crippen LogP contribution is 2.37. The van der Waals surface area contributed by atoms with Gasteiger partial charge in [-0.2, -0.15) is 4.98 Å². The minimum Gasteiger partial charge on any atom is -0.334 e. The zero-order valence-electron chi connectivity index (χ0n) is 12.5. The van der Waals surface area contributed by atoms with Gasteiger partial charge in [-0.25, -0.2) is 0 Å². The number of nitrogens with two attached hydrogens (primary N) is 1. The molecule has 112 valence electrons. The largest absolute Gasteiger partial charge is 0.334 e. The summed E-state index contributed by atoms with van der Waals surface area (Å²) in [5, 5.41) is 4.18. The Morgan fingerprint density at radius 3 is 2.95 bits per heavy atom. The average molecular weight is 303 g/mol. The van der Waals surface area contributed by atoms with Gasteiger partial charge in [0.05, 0.1) is 11.1 Å². The first-order valence-electron chi connectivity index (χ1n) is 7.39. The summed E-state index contributed by atoms with van der Waals surface area (Å²) in [5.74, 6) is 1.84. The molecule has 1 saturated carbocycles. The van der Waals surface area contributed by atoms with Crippen LogP contribution in [0.25, 0.3) is 11.5 Å². The van der Waals surface area contributed by atoms with Crippen LogP contribution < -0.4 is 5.73 Å². The molecule has 2 unspecified atom stereocenters. The van der Waals surface area contributed by atoms with Crippen LogP contribution in [0.3, 0.4) is 0 Å². The standard InChI is InChI=1S/C16H21N3OS/c1-11-6-5-9-16(17,10-11)15-18-14(20-19-15)12-7-3-4-8-13(12)21-2/h3-4,7-8,11H,5-6,9-10,17H2,1-2H3. The molecule has 0 bridgehead atoms. The van der Waals surface area contributed by atoms with Gasteiger partial charge < -0.3 is 10.3 Å². The van der Waals surface area contributed by atoms with Gasteiger partial charge in [0.2, 0.25) is 0 Å². The van der Waals surface area contributed by atoms with Crippen LogP contribution in [-0.4, -0.2) is 16.4 Å². The van der Waals surface area contributed by atoms with E-state index >= 15 is 0 Å². The Kier molecular flexibility index (Phi) is 4.04. The van der Waals surface area contributed by atoms with Gasteiger partial charge in [0.15, 0.2) is 5.82 Å². The van der Waals surface area contributed by atoms with Crippen LogP contribution in [0.4, 0.5) is 0 Å². The number of benzene rings is 1. The average Bonchev–Trinajstić information content (AvgIpc) is 2.97. The topological polar surface area (TPSA) is 64.9 Å². The fourth-order valence-corrected chi connectivity index (χ4v) is 3.74. The van der Waals surface area contributed by atoms with Crippen molar-refractivity contribution in [2.75, 3.05) is 6.26 Å². The van der Waals surface area contributed by atoms with Crippen molar-refractivity contribution in [1.82, 2.24) is 10.1 Å². The molecular weight excluding hydrogens is 282 g/mol. The van der Waals surface area contributed by atoms with E-state index in [-0.39, 0.29) is 0 Å². The summed E-state index contributed by atoms with van der Waals surface area (Å²) < 4.78 is 5.49. The van der Waals surface area contributed by atoms with E-state index in [2.05, 4.69) is 23.1 Å². The maximum absolute atomic E-state index is 6.54. The van der Waals surface area contributed by atoms with E-state index in [4.69, 9.17) is 10.3 Å². The third-order valence-electron chi connectivity index (χ3n) is 4.24. The normalized spacial score (nSPS) is 26.0. The monoisotopic (exact) mass is 303 g/mol. The van der Waals surface area contributed by atoms with E-state index in [1.54, 1.807) is 11.8 Å². The predicted octanol–water partition coefficient (Wildman–Crippen LogP) is 3.82. The van der Waals surface area contributed by atoms with E-state index in [0.717, 1.165) is 29.7 Å². The molecule has 1 aliphatic rings. The molecule has 1 aliphatic carbocycles. The zero-order valence-corrected chi connectivity index (χ0v) is 13.3. The SMILES string of the molecule is CSc1ccccc1-c1nc(C2(N)CCCC(C)C2)no1. The van der Waals surface area contributed by atoms with Crippen molar-refractivity contribution in [2.45, 2.75) is 43.0 Å².